The molecular weight excluding hydrogens is 294 g/mol. The van der Waals surface area contributed by atoms with Gasteiger partial charge in [0, 0.05) is 45.8 Å². The van der Waals surface area contributed by atoms with Crippen LogP contribution in [0.5, 0.6) is 0 Å². The summed E-state index contributed by atoms with van der Waals surface area (Å²) < 4.78 is 5.23. The minimum absolute atomic E-state index is 0.0861. The maximum atomic E-state index is 12.2. The fourth-order valence-corrected chi connectivity index (χ4v) is 2.35. The molecule has 0 fully saturated rings. The number of nitrogens with zero attached hydrogens (tertiary/aromatic N) is 3. The molecule has 0 aromatic heterocycles. The number of carbonyl (C=O) groups is 1. The first-order chi connectivity index (χ1) is 11.1. The number of hydrogen-bond donors (Lipinski definition) is 2. The normalized spacial score (nSPS) is 20.5. The summed E-state index contributed by atoms with van der Waals surface area (Å²) in [7, 11) is 5.58. The highest BCUT2D eigenvalue weighted by Gasteiger charge is 2.19. The maximum Gasteiger partial charge on any atom is 0.271 e. The highest BCUT2D eigenvalue weighted by Crippen LogP contribution is 2.12. The van der Waals surface area contributed by atoms with Gasteiger partial charge >= 0.3 is 0 Å². The maximum absolute atomic E-state index is 12.2. The molecule has 1 unspecified atom stereocenters. The first kappa shape index (κ1) is 17.4. The van der Waals surface area contributed by atoms with Gasteiger partial charge in [-0.05, 0) is 19.5 Å². The molecule has 1 atom stereocenters. The Morgan fingerprint density at radius 1 is 1.43 bits per heavy atom. The van der Waals surface area contributed by atoms with Crippen molar-refractivity contribution < 1.29 is 9.53 Å². The summed E-state index contributed by atoms with van der Waals surface area (Å²) in [5.74, 6) is 0.731. The lowest BCUT2D eigenvalue weighted by molar-refractivity contribution is -0.114. The SMILES string of the molecule is CNCCN(C)C1=NN=C(C(=O)NC2=CCC(OC)C=C2)CC1. The van der Waals surface area contributed by atoms with Gasteiger partial charge in [-0.3, -0.25) is 4.79 Å². The van der Waals surface area contributed by atoms with Crippen molar-refractivity contribution in [2.75, 3.05) is 34.3 Å². The quantitative estimate of drug-likeness (QED) is 0.754. The van der Waals surface area contributed by atoms with Crippen LogP contribution in [-0.2, 0) is 9.53 Å². The van der Waals surface area contributed by atoms with E-state index in [2.05, 4.69) is 25.7 Å². The molecule has 1 amide bonds. The second-order valence-electron chi connectivity index (χ2n) is 5.57. The molecule has 0 saturated carbocycles. The average Bonchev–Trinajstić information content (AvgIpc) is 2.60. The molecule has 2 rings (SSSR count). The first-order valence-corrected chi connectivity index (χ1v) is 7.85. The first-order valence-electron chi connectivity index (χ1n) is 7.85. The van der Waals surface area contributed by atoms with E-state index >= 15 is 0 Å². The summed E-state index contributed by atoms with van der Waals surface area (Å²) >= 11 is 0. The van der Waals surface area contributed by atoms with E-state index in [1.165, 1.54) is 0 Å². The van der Waals surface area contributed by atoms with Crippen molar-refractivity contribution in [1.82, 2.24) is 15.5 Å². The van der Waals surface area contributed by atoms with Crippen molar-refractivity contribution in [2.45, 2.75) is 25.4 Å². The largest absolute Gasteiger partial charge is 0.377 e. The second-order valence-corrected chi connectivity index (χ2v) is 5.57. The van der Waals surface area contributed by atoms with Crippen LogP contribution in [0.1, 0.15) is 19.3 Å². The fraction of sp³-hybridized carbons (Fsp3) is 0.562. The molecule has 1 aliphatic heterocycles. The van der Waals surface area contributed by atoms with Crippen LogP contribution in [0, 0.1) is 0 Å². The van der Waals surface area contributed by atoms with E-state index in [4.69, 9.17) is 4.74 Å². The molecule has 0 radical (unpaired) electrons. The molecule has 0 aromatic carbocycles. The lowest BCUT2D eigenvalue weighted by Crippen LogP contribution is -2.37. The second kappa shape index (κ2) is 8.59. The summed E-state index contributed by atoms with van der Waals surface area (Å²) in [5, 5.41) is 14.2. The van der Waals surface area contributed by atoms with Crippen LogP contribution < -0.4 is 10.6 Å². The van der Waals surface area contributed by atoms with E-state index < -0.39 is 0 Å². The van der Waals surface area contributed by atoms with Crippen LogP contribution in [0.3, 0.4) is 0 Å². The Morgan fingerprint density at radius 3 is 2.83 bits per heavy atom. The predicted octanol–water partition coefficient (Wildman–Crippen LogP) is 0.661. The standard InChI is InChI=1S/C16H25N5O2/c1-17-10-11-21(2)15-9-8-14(19-20-15)16(22)18-12-4-6-13(23-3)7-5-12/h4-6,13,17H,7-11H2,1-3H3,(H,18,22). The van der Waals surface area contributed by atoms with Gasteiger partial charge < -0.3 is 20.3 Å². The number of likely N-dealkylation sites (N-methyl/N-ethyl adjacent to an activating group) is 2. The van der Waals surface area contributed by atoms with Gasteiger partial charge in [0.2, 0.25) is 0 Å². The molecule has 0 bridgehead atoms. The minimum atomic E-state index is -0.183. The van der Waals surface area contributed by atoms with Gasteiger partial charge in [0.25, 0.3) is 5.91 Å². The molecule has 0 saturated heterocycles. The Labute approximate surface area is 137 Å². The van der Waals surface area contributed by atoms with Crippen molar-refractivity contribution in [3.05, 3.63) is 23.9 Å². The fourth-order valence-electron chi connectivity index (χ4n) is 2.35. The minimum Gasteiger partial charge on any atom is -0.377 e. The molecule has 126 valence electrons. The molecule has 1 aliphatic carbocycles. The van der Waals surface area contributed by atoms with Gasteiger partial charge in [0.05, 0.1) is 6.10 Å². The molecule has 2 N–H and O–H groups in total. The zero-order chi connectivity index (χ0) is 16.7. The molecule has 0 spiro atoms. The average molecular weight is 319 g/mol. The third-order valence-corrected chi connectivity index (χ3v) is 3.89. The van der Waals surface area contributed by atoms with E-state index in [-0.39, 0.29) is 12.0 Å². The molecule has 0 aromatic rings. The molecule has 1 heterocycles. The number of nitrogens with one attached hydrogen (secondary N) is 2. The van der Waals surface area contributed by atoms with Crippen molar-refractivity contribution in [2.24, 2.45) is 10.2 Å². The predicted molar refractivity (Wildman–Crippen MR) is 91.4 cm³/mol. The summed E-state index contributed by atoms with van der Waals surface area (Å²) in [6, 6.07) is 0. The number of rotatable bonds is 6. The summed E-state index contributed by atoms with van der Waals surface area (Å²) in [6.07, 6.45) is 7.93. The third kappa shape index (κ3) is 5.01. The highest BCUT2D eigenvalue weighted by atomic mass is 16.5. The van der Waals surface area contributed by atoms with Crippen LogP contribution in [0.25, 0.3) is 0 Å². The van der Waals surface area contributed by atoms with Gasteiger partial charge in [-0.2, -0.15) is 0 Å². The van der Waals surface area contributed by atoms with Gasteiger partial charge in [0.1, 0.15) is 11.5 Å². The molecule has 7 heteroatoms. The Kier molecular flexibility index (Phi) is 6.49. The zero-order valence-electron chi connectivity index (χ0n) is 14.0. The number of methoxy groups -OCH3 is 1. The van der Waals surface area contributed by atoms with Crippen molar-refractivity contribution in [1.29, 1.82) is 0 Å². The van der Waals surface area contributed by atoms with Crippen LogP contribution in [0.2, 0.25) is 0 Å². The Bertz CT molecular complexity index is 551. The van der Waals surface area contributed by atoms with Crippen LogP contribution in [0.15, 0.2) is 34.1 Å². The highest BCUT2D eigenvalue weighted by molar-refractivity contribution is 6.39. The number of amidine groups is 1. The lowest BCUT2D eigenvalue weighted by atomic mass is 10.1. The van der Waals surface area contributed by atoms with Gasteiger partial charge in [0.15, 0.2) is 0 Å². The number of allylic oxidation sites excluding steroid dienone is 1. The number of carbonyl (C=O) groups excluding carboxylic acids is 1. The van der Waals surface area contributed by atoms with E-state index in [1.54, 1.807) is 7.11 Å². The van der Waals surface area contributed by atoms with Crippen molar-refractivity contribution in [3.63, 3.8) is 0 Å². The van der Waals surface area contributed by atoms with Crippen LogP contribution >= 0.6 is 0 Å². The Balaban J connectivity index is 1.89. The van der Waals surface area contributed by atoms with Crippen LogP contribution in [-0.4, -0.2) is 62.8 Å². The topological polar surface area (TPSA) is 78.3 Å². The third-order valence-electron chi connectivity index (χ3n) is 3.89. The lowest BCUT2D eigenvalue weighted by Gasteiger charge is -2.22. The monoisotopic (exact) mass is 319 g/mol. The molecule has 2 aliphatic rings. The Morgan fingerprint density at radius 2 is 2.26 bits per heavy atom. The summed E-state index contributed by atoms with van der Waals surface area (Å²) in [4.78, 5) is 14.3. The number of hydrogen-bond acceptors (Lipinski definition) is 6. The molecule has 7 nitrogen and oxygen atoms in total. The summed E-state index contributed by atoms with van der Waals surface area (Å²) in [6.45, 7) is 1.75. The smallest absolute Gasteiger partial charge is 0.271 e. The van der Waals surface area contributed by atoms with Gasteiger partial charge in [-0.15, -0.1) is 10.2 Å². The van der Waals surface area contributed by atoms with E-state index in [0.717, 1.165) is 37.5 Å². The number of amides is 1. The molecule has 23 heavy (non-hydrogen) atoms. The van der Waals surface area contributed by atoms with Gasteiger partial charge in [-0.1, -0.05) is 12.2 Å². The van der Waals surface area contributed by atoms with Crippen molar-refractivity contribution in [3.8, 4) is 0 Å². The van der Waals surface area contributed by atoms with E-state index in [0.29, 0.717) is 12.1 Å². The van der Waals surface area contributed by atoms with E-state index in [1.807, 2.05) is 32.3 Å². The Hall–Kier alpha value is -1.99. The van der Waals surface area contributed by atoms with Crippen LogP contribution in [0.4, 0.5) is 0 Å². The molecular formula is C16H25N5O2. The van der Waals surface area contributed by atoms with Crippen molar-refractivity contribution >= 4 is 17.5 Å². The number of ether oxygens (including phenoxy) is 1. The van der Waals surface area contributed by atoms with E-state index in [9.17, 15) is 4.79 Å². The zero-order valence-corrected chi connectivity index (χ0v) is 14.0. The van der Waals surface area contributed by atoms with Gasteiger partial charge in [-0.25, -0.2) is 0 Å². The summed E-state index contributed by atoms with van der Waals surface area (Å²) in [5.41, 5.74) is 1.26.